The van der Waals surface area contributed by atoms with Crippen molar-refractivity contribution in [3.8, 4) is 5.75 Å². The van der Waals surface area contributed by atoms with E-state index in [4.69, 9.17) is 29.9 Å². The molecule has 1 aromatic heterocycles. The van der Waals surface area contributed by atoms with Gasteiger partial charge in [-0.25, -0.2) is 0 Å². The molecule has 2 heterocycles. The van der Waals surface area contributed by atoms with Gasteiger partial charge in [0.2, 0.25) is 17.8 Å². The van der Waals surface area contributed by atoms with Crippen molar-refractivity contribution in [2.24, 2.45) is 5.73 Å². The van der Waals surface area contributed by atoms with Crippen molar-refractivity contribution >= 4 is 40.8 Å². The number of hydrogen-bond donors (Lipinski definition) is 4. The van der Waals surface area contributed by atoms with Crippen molar-refractivity contribution in [1.82, 2.24) is 20.3 Å². The van der Waals surface area contributed by atoms with Crippen LogP contribution in [0.5, 0.6) is 5.75 Å². The van der Waals surface area contributed by atoms with Gasteiger partial charge in [-0.15, -0.1) is 0 Å². The number of rotatable bonds is 18. The van der Waals surface area contributed by atoms with Crippen molar-refractivity contribution < 1.29 is 23.9 Å². The molecule has 5 rings (SSSR count). The molecule has 0 saturated carbocycles. The summed E-state index contributed by atoms with van der Waals surface area (Å²) < 4.78 is 16.0. The number of benzene rings is 3. The number of non-ortho nitro benzene ring substituents is 1. The highest BCUT2D eigenvalue weighted by molar-refractivity contribution is 5.95. The number of nitrogens with two attached hydrogens (primary N) is 1. The molecule has 264 valence electrons. The Morgan fingerprint density at radius 3 is 2.28 bits per heavy atom. The van der Waals surface area contributed by atoms with Crippen molar-refractivity contribution in [3.05, 3.63) is 94.0 Å². The van der Waals surface area contributed by atoms with E-state index in [1.807, 2.05) is 30.3 Å². The maximum atomic E-state index is 12.8. The van der Waals surface area contributed by atoms with E-state index in [0.717, 1.165) is 17.0 Å². The SMILES string of the molecule is COc1ccc(CNc2nc(Nc3cccc(C(=O)NCCOCCOCCN)c3)nc(N3CCN(c4ccc([N+](=O)[O-])cc4)CC3)n2)cc1. The van der Waals surface area contributed by atoms with Gasteiger partial charge in [-0.1, -0.05) is 18.2 Å². The number of methoxy groups -OCH3 is 1. The van der Waals surface area contributed by atoms with Crippen LogP contribution in [0.25, 0.3) is 0 Å². The zero-order valence-corrected chi connectivity index (χ0v) is 27.9. The zero-order valence-electron chi connectivity index (χ0n) is 27.9. The maximum Gasteiger partial charge on any atom is 0.269 e. The first-order chi connectivity index (χ1) is 24.4. The van der Waals surface area contributed by atoms with E-state index in [1.165, 1.54) is 12.1 Å². The standard InChI is InChI=1S/C34H42N10O6/c1-48-30-11-5-25(6-12-30)24-37-32-39-33(38-27-4-2-3-26(23-27)31(45)36-14-20-50-22-21-49-19-13-35)41-34(40-32)43-17-15-42(16-18-43)28-7-9-29(10-8-28)44(46)47/h2-12,23H,13-22,24,35H2,1H3,(H,36,45)(H2,37,38,39,40,41). The number of carbonyl (C=O) groups excluding carboxylic acids is 1. The molecule has 0 unspecified atom stereocenters. The third-order valence-electron chi connectivity index (χ3n) is 7.77. The molecular formula is C34H42N10O6. The zero-order chi connectivity index (χ0) is 35.1. The molecule has 0 radical (unpaired) electrons. The average Bonchev–Trinajstić information content (AvgIpc) is 3.15. The van der Waals surface area contributed by atoms with Gasteiger partial charge in [0.1, 0.15) is 5.75 Å². The second-order valence-electron chi connectivity index (χ2n) is 11.2. The predicted octanol–water partition coefficient (Wildman–Crippen LogP) is 3.19. The summed E-state index contributed by atoms with van der Waals surface area (Å²) in [4.78, 5) is 41.9. The molecule has 4 aromatic rings. The van der Waals surface area contributed by atoms with Gasteiger partial charge in [-0.3, -0.25) is 14.9 Å². The van der Waals surface area contributed by atoms with Crippen LogP contribution in [-0.2, 0) is 16.0 Å². The van der Waals surface area contributed by atoms with E-state index >= 15 is 0 Å². The minimum atomic E-state index is -0.402. The van der Waals surface area contributed by atoms with E-state index in [2.05, 4.69) is 30.7 Å². The molecule has 0 aliphatic carbocycles. The summed E-state index contributed by atoms with van der Waals surface area (Å²) in [6.45, 7) is 5.61. The van der Waals surface area contributed by atoms with Gasteiger partial charge in [0.15, 0.2) is 0 Å². The highest BCUT2D eigenvalue weighted by Crippen LogP contribution is 2.24. The molecule has 0 atom stereocenters. The number of amides is 1. The molecule has 50 heavy (non-hydrogen) atoms. The van der Waals surface area contributed by atoms with Crippen LogP contribution in [-0.4, -0.2) is 98.6 Å². The summed E-state index contributed by atoms with van der Waals surface area (Å²) in [7, 11) is 1.63. The summed E-state index contributed by atoms with van der Waals surface area (Å²) >= 11 is 0. The first-order valence-corrected chi connectivity index (χ1v) is 16.3. The van der Waals surface area contributed by atoms with Gasteiger partial charge >= 0.3 is 0 Å². The van der Waals surface area contributed by atoms with E-state index in [9.17, 15) is 14.9 Å². The van der Waals surface area contributed by atoms with Crippen LogP contribution in [0, 0.1) is 10.1 Å². The van der Waals surface area contributed by atoms with Crippen LogP contribution in [0.3, 0.4) is 0 Å². The van der Waals surface area contributed by atoms with Gasteiger partial charge in [0.25, 0.3) is 11.6 Å². The van der Waals surface area contributed by atoms with Crippen LogP contribution in [0.1, 0.15) is 15.9 Å². The van der Waals surface area contributed by atoms with Gasteiger partial charge < -0.3 is 45.7 Å². The number of anilines is 5. The van der Waals surface area contributed by atoms with Crippen LogP contribution < -0.4 is 36.2 Å². The molecule has 1 saturated heterocycles. The van der Waals surface area contributed by atoms with E-state index < -0.39 is 4.92 Å². The quantitative estimate of drug-likeness (QED) is 0.0677. The Hall–Kier alpha value is -5.58. The lowest BCUT2D eigenvalue weighted by atomic mass is 10.2. The highest BCUT2D eigenvalue weighted by Gasteiger charge is 2.22. The second-order valence-corrected chi connectivity index (χ2v) is 11.2. The summed E-state index contributed by atoms with van der Waals surface area (Å²) in [5.74, 6) is 1.72. The normalized spacial score (nSPS) is 12.8. The lowest BCUT2D eigenvalue weighted by molar-refractivity contribution is -0.384. The van der Waals surface area contributed by atoms with Gasteiger partial charge in [0, 0.05) is 74.9 Å². The number of aromatic nitrogens is 3. The van der Waals surface area contributed by atoms with Crippen molar-refractivity contribution in [1.29, 1.82) is 0 Å². The summed E-state index contributed by atoms with van der Waals surface area (Å²) in [6.07, 6.45) is 0. The molecule has 0 spiro atoms. The maximum absolute atomic E-state index is 12.8. The topological polar surface area (TPSA) is 195 Å². The van der Waals surface area contributed by atoms with Gasteiger partial charge in [-0.05, 0) is 48.0 Å². The Bertz CT molecular complexity index is 1690. The number of nitro groups is 1. The highest BCUT2D eigenvalue weighted by atomic mass is 16.6. The predicted molar refractivity (Wildman–Crippen MR) is 190 cm³/mol. The van der Waals surface area contributed by atoms with Crippen molar-refractivity contribution in [2.75, 3.05) is 93.2 Å². The first kappa shape index (κ1) is 35.7. The molecule has 3 aromatic carbocycles. The lowest BCUT2D eigenvalue weighted by Crippen LogP contribution is -2.47. The molecule has 1 aliphatic heterocycles. The molecule has 16 heteroatoms. The fourth-order valence-electron chi connectivity index (χ4n) is 5.13. The van der Waals surface area contributed by atoms with E-state index in [0.29, 0.717) is 101 Å². The number of piperazine rings is 1. The molecule has 0 bridgehead atoms. The molecular weight excluding hydrogens is 644 g/mol. The lowest BCUT2D eigenvalue weighted by Gasteiger charge is -2.36. The monoisotopic (exact) mass is 686 g/mol. The number of hydrogen-bond acceptors (Lipinski definition) is 14. The van der Waals surface area contributed by atoms with Gasteiger partial charge in [0.05, 0.1) is 38.5 Å². The van der Waals surface area contributed by atoms with Crippen LogP contribution >= 0.6 is 0 Å². The summed E-state index contributed by atoms with van der Waals surface area (Å²) in [5.41, 5.74) is 8.49. The fourth-order valence-corrected chi connectivity index (χ4v) is 5.13. The van der Waals surface area contributed by atoms with E-state index in [-0.39, 0.29) is 11.6 Å². The first-order valence-electron chi connectivity index (χ1n) is 16.3. The Morgan fingerprint density at radius 2 is 1.58 bits per heavy atom. The van der Waals surface area contributed by atoms with E-state index in [1.54, 1.807) is 37.4 Å². The Kier molecular flexibility index (Phi) is 13.0. The molecule has 1 aliphatic rings. The van der Waals surface area contributed by atoms with Crippen LogP contribution in [0.4, 0.5) is 34.9 Å². The number of carbonyl (C=O) groups is 1. The summed E-state index contributed by atoms with van der Waals surface area (Å²) in [5, 5.41) is 20.5. The van der Waals surface area contributed by atoms with Crippen LogP contribution in [0.2, 0.25) is 0 Å². The Labute approximate surface area is 290 Å². The smallest absolute Gasteiger partial charge is 0.269 e. The summed E-state index contributed by atoms with van der Waals surface area (Å²) in [6, 6.07) is 21.4. The Balaban J connectivity index is 1.25. The Morgan fingerprint density at radius 1 is 0.880 bits per heavy atom. The molecule has 1 amide bonds. The van der Waals surface area contributed by atoms with Crippen molar-refractivity contribution in [2.45, 2.75) is 6.54 Å². The minimum Gasteiger partial charge on any atom is -0.497 e. The molecule has 1 fully saturated rings. The van der Waals surface area contributed by atoms with Crippen molar-refractivity contribution in [3.63, 3.8) is 0 Å². The third-order valence-corrected chi connectivity index (χ3v) is 7.77. The molecule has 16 nitrogen and oxygen atoms in total. The fraction of sp³-hybridized carbons (Fsp3) is 0.353. The minimum absolute atomic E-state index is 0.0595. The third kappa shape index (κ3) is 10.5. The number of nitro benzene ring substituents is 1. The van der Waals surface area contributed by atoms with Gasteiger partial charge in [-0.2, -0.15) is 15.0 Å². The largest absolute Gasteiger partial charge is 0.497 e. The number of nitrogens with zero attached hydrogens (tertiary/aromatic N) is 6. The van der Waals surface area contributed by atoms with Crippen LogP contribution in [0.15, 0.2) is 72.8 Å². The number of ether oxygens (including phenoxy) is 3. The second kappa shape index (κ2) is 18.3. The average molecular weight is 687 g/mol. The molecule has 5 N–H and O–H groups in total. The number of nitrogens with one attached hydrogen (secondary N) is 3.